The normalized spacial score (nSPS) is 19.2. The van der Waals surface area contributed by atoms with E-state index in [9.17, 15) is 31.1 Å². The Morgan fingerprint density at radius 1 is 1.11 bits per heavy atom. The predicted molar refractivity (Wildman–Crippen MR) is 127 cm³/mol. The second kappa shape index (κ2) is 10.3. The van der Waals surface area contributed by atoms with Gasteiger partial charge >= 0.3 is 12.4 Å². The van der Waals surface area contributed by atoms with Crippen LogP contribution in [0.5, 0.6) is 0 Å². The largest absolute Gasteiger partial charge is 0.416 e. The number of aryl methyl sites for hydroxylation is 1. The number of carbonyl (C=O) groups is 1. The van der Waals surface area contributed by atoms with Crippen LogP contribution in [0.1, 0.15) is 70.7 Å². The minimum Gasteiger partial charge on any atom is -0.363 e. The van der Waals surface area contributed by atoms with Gasteiger partial charge < -0.3 is 20.1 Å². The van der Waals surface area contributed by atoms with E-state index in [0.717, 1.165) is 6.07 Å². The number of hydrogen-bond donors (Lipinski definition) is 2. The van der Waals surface area contributed by atoms with E-state index in [0.29, 0.717) is 5.56 Å². The quantitative estimate of drug-likeness (QED) is 0.296. The lowest BCUT2D eigenvalue weighted by Gasteiger charge is -2.26. The van der Waals surface area contributed by atoms with Crippen LogP contribution in [0.25, 0.3) is 0 Å². The molecule has 1 unspecified atom stereocenters. The van der Waals surface area contributed by atoms with Gasteiger partial charge in [-0.05, 0) is 50.8 Å². The zero-order chi connectivity index (χ0) is 28.0. The molecule has 38 heavy (non-hydrogen) atoms. The molecule has 1 amide bonds. The number of alkyl halides is 7. The summed E-state index contributed by atoms with van der Waals surface area (Å²) in [5.74, 6) is -0.658. The fourth-order valence-corrected chi connectivity index (χ4v) is 4.87. The Morgan fingerprint density at radius 3 is 2.29 bits per heavy atom. The zero-order valence-electron chi connectivity index (χ0n) is 20.6. The first-order chi connectivity index (χ1) is 17.6. The molecule has 208 valence electrons. The summed E-state index contributed by atoms with van der Waals surface area (Å²) in [5.41, 5.74) is -2.49. The highest BCUT2D eigenvalue weighted by atomic mass is 79.9. The molecule has 7 nitrogen and oxygen atoms in total. The molecule has 0 bridgehead atoms. The van der Waals surface area contributed by atoms with Crippen LogP contribution in [0, 0.1) is 13.8 Å². The molecule has 1 aliphatic heterocycles. The highest BCUT2D eigenvalue weighted by Gasteiger charge is 2.64. The van der Waals surface area contributed by atoms with Crippen molar-refractivity contribution in [3.8, 4) is 0 Å². The molecule has 1 aromatic heterocycles. The Morgan fingerprint density at radius 2 is 1.74 bits per heavy atom. The van der Waals surface area contributed by atoms with Crippen LogP contribution in [0.3, 0.4) is 0 Å². The van der Waals surface area contributed by atoms with Crippen molar-refractivity contribution in [2.45, 2.75) is 68.7 Å². The van der Waals surface area contributed by atoms with Crippen LogP contribution >= 0.6 is 15.9 Å². The smallest absolute Gasteiger partial charge is 0.363 e. The van der Waals surface area contributed by atoms with Gasteiger partial charge in [-0.25, -0.2) is 9.97 Å². The number of anilines is 1. The van der Waals surface area contributed by atoms with Gasteiger partial charge in [0.2, 0.25) is 5.91 Å². The lowest BCUT2D eigenvalue weighted by Crippen LogP contribution is -2.49. The molecule has 1 saturated carbocycles. The van der Waals surface area contributed by atoms with E-state index in [1.54, 1.807) is 13.0 Å². The van der Waals surface area contributed by atoms with Crippen molar-refractivity contribution in [2.75, 3.05) is 18.5 Å². The van der Waals surface area contributed by atoms with Gasteiger partial charge in [0.1, 0.15) is 22.0 Å². The first-order valence-corrected chi connectivity index (χ1v) is 12.6. The second-order valence-corrected chi connectivity index (χ2v) is 10.2. The molecule has 1 aliphatic carbocycles. The molecule has 0 spiro atoms. The number of nitrogens with one attached hydrogen (secondary N) is 2. The molecular weight excluding hydrogens is 586 g/mol. The molecule has 2 atom stereocenters. The third-order valence-electron chi connectivity index (χ3n) is 6.57. The minimum atomic E-state index is -4.61. The Labute approximate surface area is 222 Å². The van der Waals surface area contributed by atoms with Gasteiger partial charge in [0.05, 0.1) is 36.1 Å². The summed E-state index contributed by atoms with van der Waals surface area (Å²) in [6.45, 7) is 4.93. The molecule has 2 aliphatic rings. The standard InChI is InChI=1S/C24H25BrF6N4O3/c1-11-14(5-4-6-15(11)23(26,27)28)12(2)32-19-16(21-37-9-10-38-21)18(33-13(3)34-19)17(25)20(36)35-22(7-8-22)24(29,30)31/h4-6,12,17,21H,7-10H2,1-3H3,(H,35,36)(H,32,33,34)/t12-,17?/m1/s1. The summed E-state index contributed by atoms with van der Waals surface area (Å²) in [7, 11) is 0. The number of hydrogen-bond acceptors (Lipinski definition) is 6. The van der Waals surface area contributed by atoms with Crippen LogP contribution in [0.2, 0.25) is 0 Å². The van der Waals surface area contributed by atoms with Gasteiger partial charge in [-0.15, -0.1) is 0 Å². The van der Waals surface area contributed by atoms with Crippen LogP contribution < -0.4 is 10.6 Å². The average Bonchev–Trinajstić information content (AvgIpc) is 3.41. The van der Waals surface area contributed by atoms with Gasteiger partial charge in [0, 0.05) is 0 Å². The number of rotatable bonds is 7. The maximum absolute atomic E-state index is 13.5. The first-order valence-electron chi connectivity index (χ1n) is 11.7. The molecule has 2 N–H and O–H groups in total. The van der Waals surface area contributed by atoms with E-state index in [4.69, 9.17) is 9.47 Å². The summed E-state index contributed by atoms with van der Waals surface area (Å²) in [6, 6.07) is 3.15. The van der Waals surface area contributed by atoms with Gasteiger partial charge in [-0.3, -0.25) is 4.79 Å². The molecule has 2 aromatic rings. The third kappa shape index (κ3) is 5.62. The maximum atomic E-state index is 13.5. The predicted octanol–water partition coefficient (Wildman–Crippen LogP) is 5.98. The molecule has 0 radical (unpaired) electrons. The number of ether oxygens (including phenoxy) is 2. The van der Waals surface area contributed by atoms with Crippen molar-refractivity contribution >= 4 is 27.7 Å². The highest BCUT2D eigenvalue weighted by molar-refractivity contribution is 9.09. The Bertz CT molecular complexity index is 1210. The molecule has 1 saturated heterocycles. The number of carbonyl (C=O) groups excluding carboxylic acids is 1. The minimum absolute atomic E-state index is 0.0235. The number of nitrogens with zero attached hydrogens (tertiary/aromatic N) is 2. The van der Waals surface area contributed by atoms with Crippen LogP contribution in [0.4, 0.5) is 32.2 Å². The summed E-state index contributed by atoms with van der Waals surface area (Å²) in [5, 5.41) is 5.15. The number of amides is 1. The highest BCUT2D eigenvalue weighted by Crippen LogP contribution is 2.49. The molecule has 14 heteroatoms. The summed E-state index contributed by atoms with van der Waals surface area (Å²) in [4.78, 5) is 20.3. The molecule has 2 fully saturated rings. The van der Waals surface area contributed by atoms with Crippen molar-refractivity contribution in [1.82, 2.24) is 15.3 Å². The van der Waals surface area contributed by atoms with E-state index in [1.807, 2.05) is 0 Å². The monoisotopic (exact) mass is 610 g/mol. The van der Waals surface area contributed by atoms with Crippen molar-refractivity contribution in [3.05, 3.63) is 52.0 Å². The van der Waals surface area contributed by atoms with E-state index < -0.39 is 46.5 Å². The second-order valence-electron chi connectivity index (χ2n) is 9.31. The Hall–Kier alpha value is -2.45. The SMILES string of the molecule is Cc1nc(N[C@H](C)c2cccc(C(F)(F)F)c2C)c(C2OCCO2)c(C(Br)C(=O)NC2(C(F)(F)F)CC2)n1. The van der Waals surface area contributed by atoms with E-state index in [1.165, 1.54) is 19.9 Å². The average molecular weight is 611 g/mol. The molecule has 1 aromatic carbocycles. The fourth-order valence-electron chi connectivity index (χ4n) is 4.40. The van der Waals surface area contributed by atoms with Crippen LogP contribution in [-0.2, 0) is 20.4 Å². The number of benzene rings is 1. The lowest BCUT2D eigenvalue weighted by molar-refractivity contribution is -0.170. The van der Waals surface area contributed by atoms with E-state index >= 15 is 0 Å². The van der Waals surface area contributed by atoms with Crippen molar-refractivity contribution in [3.63, 3.8) is 0 Å². The summed E-state index contributed by atoms with van der Waals surface area (Å²) >= 11 is 3.19. The lowest BCUT2D eigenvalue weighted by atomic mass is 9.97. The van der Waals surface area contributed by atoms with Gasteiger partial charge in [-0.2, -0.15) is 26.3 Å². The van der Waals surface area contributed by atoms with Gasteiger partial charge in [0.25, 0.3) is 0 Å². The summed E-state index contributed by atoms with van der Waals surface area (Å²) in [6.07, 6.45) is -10.7. The molecular formula is C24H25BrF6N4O3. The molecule has 2 heterocycles. The third-order valence-corrected chi connectivity index (χ3v) is 7.42. The van der Waals surface area contributed by atoms with Crippen molar-refractivity contribution in [2.24, 2.45) is 0 Å². The van der Waals surface area contributed by atoms with Crippen molar-refractivity contribution in [1.29, 1.82) is 0 Å². The van der Waals surface area contributed by atoms with Crippen molar-refractivity contribution < 1.29 is 40.6 Å². The van der Waals surface area contributed by atoms with Gasteiger partial charge in [0.15, 0.2) is 6.29 Å². The maximum Gasteiger partial charge on any atom is 0.416 e. The zero-order valence-corrected chi connectivity index (χ0v) is 22.1. The molecule has 4 rings (SSSR count). The topological polar surface area (TPSA) is 85.4 Å². The Kier molecular flexibility index (Phi) is 7.71. The summed E-state index contributed by atoms with van der Waals surface area (Å²) < 4.78 is 91.9. The van der Waals surface area contributed by atoms with Crippen LogP contribution in [-0.4, -0.2) is 40.8 Å². The van der Waals surface area contributed by atoms with Gasteiger partial charge in [-0.1, -0.05) is 28.1 Å². The van der Waals surface area contributed by atoms with E-state index in [2.05, 4.69) is 36.5 Å². The van der Waals surface area contributed by atoms with Crippen LogP contribution in [0.15, 0.2) is 18.2 Å². The van der Waals surface area contributed by atoms with E-state index in [-0.39, 0.29) is 54.5 Å². The number of halogens is 7. The first kappa shape index (κ1) is 28.6. The Balaban J connectivity index is 1.70. The fraction of sp³-hybridized carbons (Fsp3) is 0.542. The number of aromatic nitrogens is 2.